The summed E-state index contributed by atoms with van der Waals surface area (Å²) in [6.45, 7) is 0.455. The molecule has 0 bridgehead atoms. The van der Waals surface area contributed by atoms with E-state index in [1.165, 1.54) is 6.33 Å². The topological polar surface area (TPSA) is 63.1 Å². The Balaban J connectivity index is 1.38. The van der Waals surface area contributed by atoms with E-state index in [1.54, 1.807) is 28.0 Å². The molecule has 6 nitrogen and oxygen atoms in total. The Bertz CT molecular complexity index is 990. The maximum atomic E-state index is 13.6. The molecule has 1 aromatic heterocycles. The quantitative estimate of drug-likeness (QED) is 0.654. The van der Waals surface area contributed by atoms with Crippen LogP contribution in [0.2, 0.25) is 0 Å². The highest BCUT2D eigenvalue weighted by Gasteiger charge is 2.52. The van der Waals surface area contributed by atoms with E-state index in [-0.39, 0.29) is 19.6 Å². The molecule has 1 amide bonds. The van der Waals surface area contributed by atoms with Crippen LogP contribution in [0.5, 0.6) is 0 Å². The van der Waals surface area contributed by atoms with Crippen LogP contribution in [0.1, 0.15) is 11.1 Å². The summed E-state index contributed by atoms with van der Waals surface area (Å²) >= 11 is 0. The number of likely N-dealkylation sites (tertiary alicyclic amines) is 1. The molecule has 31 heavy (non-hydrogen) atoms. The molecule has 0 saturated carbocycles. The Kier molecular flexibility index (Phi) is 6.03. The van der Waals surface area contributed by atoms with Crippen molar-refractivity contribution in [1.29, 1.82) is 0 Å². The smallest absolute Gasteiger partial charge is 0.352 e. The minimum Gasteiger partial charge on any atom is -0.352 e. The first-order valence-electron chi connectivity index (χ1n) is 9.95. The zero-order valence-corrected chi connectivity index (χ0v) is 16.7. The Labute approximate surface area is 177 Å². The van der Waals surface area contributed by atoms with Crippen LogP contribution in [0.4, 0.5) is 13.2 Å². The number of benzene rings is 2. The van der Waals surface area contributed by atoms with Crippen molar-refractivity contribution in [3.8, 4) is 5.69 Å². The van der Waals surface area contributed by atoms with E-state index >= 15 is 0 Å². The first-order valence-corrected chi connectivity index (χ1v) is 9.95. The van der Waals surface area contributed by atoms with E-state index < -0.39 is 23.9 Å². The lowest BCUT2D eigenvalue weighted by atomic mass is 9.94. The number of halogens is 3. The molecule has 0 unspecified atom stereocenters. The van der Waals surface area contributed by atoms with Crippen molar-refractivity contribution in [3.63, 3.8) is 0 Å². The van der Waals surface area contributed by atoms with Crippen LogP contribution < -0.4 is 5.32 Å². The maximum absolute atomic E-state index is 13.6. The van der Waals surface area contributed by atoms with Gasteiger partial charge in [-0.2, -0.15) is 18.3 Å². The van der Waals surface area contributed by atoms with Crippen molar-refractivity contribution >= 4 is 5.91 Å². The van der Waals surface area contributed by atoms with Crippen LogP contribution in [0.3, 0.4) is 0 Å². The van der Waals surface area contributed by atoms with Crippen molar-refractivity contribution in [1.82, 2.24) is 25.0 Å². The summed E-state index contributed by atoms with van der Waals surface area (Å²) in [5.74, 6) is -3.37. The van der Waals surface area contributed by atoms with Crippen molar-refractivity contribution in [3.05, 3.63) is 78.4 Å². The molecule has 2 aromatic carbocycles. The van der Waals surface area contributed by atoms with Crippen LogP contribution in [0, 0.1) is 11.8 Å². The van der Waals surface area contributed by atoms with Crippen LogP contribution >= 0.6 is 0 Å². The van der Waals surface area contributed by atoms with Crippen LogP contribution in [-0.4, -0.2) is 44.8 Å². The van der Waals surface area contributed by atoms with Gasteiger partial charge in [-0.05, 0) is 23.3 Å². The Morgan fingerprint density at radius 2 is 1.77 bits per heavy atom. The van der Waals surface area contributed by atoms with E-state index in [9.17, 15) is 18.0 Å². The second kappa shape index (κ2) is 8.89. The van der Waals surface area contributed by atoms with Crippen LogP contribution in [0.25, 0.3) is 5.69 Å². The molecule has 0 radical (unpaired) electrons. The number of hydrogen-bond acceptors (Lipinski definition) is 4. The van der Waals surface area contributed by atoms with Gasteiger partial charge in [0.2, 0.25) is 5.91 Å². The van der Waals surface area contributed by atoms with Crippen molar-refractivity contribution in [2.45, 2.75) is 19.3 Å². The van der Waals surface area contributed by atoms with Gasteiger partial charge in [0.25, 0.3) is 0 Å². The SMILES string of the molecule is O=C(NCc1ccc(-n2cncn2)cc1)[C@@H]1CN(Cc2ccccc2)C[C@H]1C(F)(F)F. The van der Waals surface area contributed by atoms with Gasteiger partial charge in [0, 0.05) is 26.2 Å². The number of nitrogens with zero attached hydrogens (tertiary/aromatic N) is 4. The van der Waals surface area contributed by atoms with Gasteiger partial charge in [0.1, 0.15) is 12.7 Å². The molecule has 0 aliphatic carbocycles. The second-order valence-electron chi connectivity index (χ2n) is 7.66. The van der Waals surface area contributed by atoms with Crippen molar-refractivity contribution in [2.24, 2.45) is 11.8 Å². The monoisotopic (exact) mass is 429 g/mol. The molecule has 4 rings (SSSR count). The van der Waals surface area contributed by atoms with Crippen molar-refractivity contribution < 1.29 is 18.0 Å². The third-order valence-corrected chi connectivity index (χ3v) is 5.49. The number of rotatable bonds is 6. The summed E-state index contributed by atoms with van der Waals surface area (Å²) < 4.78 is 42.4. The normalized spacial score (nSPS) is 19.5. The van der Waals surface area contributed by atoms with Crippen LogP contribution in [-0.2, 0) is 17.9 Å². The summed E-state index contributed by atoms with van der Waals surface area (Å²) in [6, 6.07) is 16.5. The number of carbonyl (C=O) groups excluding carboxylic acids is 1. The molecule has 9 heteroatoms. The van der Waals surface area contributed by atoms with Gasteiger partial charge in [-0.15, -0.1) is 0 Å². The molecular formula is C22H22F3N5O. The number of hydrogen-bond donors (Lipinski definition) is 1. The number of aromatic nitrogens is 3. The highest BCUT2D eigenvalue weighted by atomic mass is 19.4. The van der Waals surface area contributed by atoms with E-state index in [0.29, 0.717) is 6.54 Å². The second-order valence-corrected chi connectivity index (χ2v) is 7.66. The summed E-state index contributed by atoms with van der Waals surface area (Å²) in [6.07, 6.45) is -1.43. The number of amides is 1. The van der Waals surface area contributed by atoms with Gasteiger partial charge in [0.05, 0.1) is 17.5 Å². The molecule has 1 fully saturated rings. The summed E-state index contributed by atoms with van der Waals surface area (Å²) in [5, 5.41) is 6.72. The highest BCUT2D eigenvalue weighted by molar-refractivity contribution is 5.79. The average Bonchev–Trinajstić information content (AvgIpc) is 3.43. The van der Waals surface area contributed by atoms with Gasteiger partial charge < -0.3 is 5.32 Å². The van der Waals surface area contributed by atoms with E-state index in [4.69, 9.17) is 0 Å². The number of carbonyl (C=O) groups is 1. The summed E-state index contributed by atoms with van der Waals surface area (Å²) in [5.41, 5.74) is 2.52. The predicted molar refractivity (Wildman–Crippen MR) is 108 cm³/mol. The molecule has 1 saturated heterocycles. The zero-order chi connectivity index (χ0) is 21.8. The Morgan fingerprint density at radius 3 is 2.42 bits per heavy atom. The summed E-state index contributed by atoms with van der Waals surface area (Å²) in [7, 11) is 0. The average molecular weight is 429 g/mol. The minimum atomic E-state index is -4.42. The fourth-order valence-corrected chi connectivity index (χ4v) is 3.88. The standard InChI is InChI=1S/C22H22F3N5O/c23-22(24,25)20-13-29(11-17-4-2-1-3-5-17)12-19(20)21(31)27-10-16-6-8-18(9-7-16)30-15-26-14-28-30/h1-9,14-15,19-20H,10-13H2,(H,27,31)/t19-,20-/m1/s1. The molecular weight excluding hydrogens is 407 g/mol. The van der Waals surface area contributed by atoms with E-state index in [1.807, 2.05) is 42.5 Å². The molecule has 2 atom stereocenters. The molecule has 1 aliphatic rings. The molecule has 1 N–H and O–H groups in total. The van der Waals surface area contributed by atoms with Gasteiger partial charge >= 0.3 is 6.18 Å². The lowest BCUT2D eigenvalue weighted by Crippen LogP contribution is -2.39. The molecule has 3 aromatic rings. The number of alkyl halides is 3. The minimum absolute atomic E-state index is 0.0795. The Hall–Kier alpha value is -3.20. The lowest BCUT2D eigenvalue weighted by Gasteiger charge is -2.20. The molecule has 0 spiro atoms. The third kappa shape index (κ3) is 5.11. The van der Waals surface area contributed by atoms with Gasteiger partial charge in [0.15, 0.2) is 0 Å². The highest BCUT2D eigenvalue weighted by Crippen LogP contribution is 2.38. The number of nitrogens with one attached hydrogen (secondary N) is 1. The fraction of sp³-hybridized carbons (Fsp3) is 0.318. The van der Waals surface area contributed by atoms with Gasteiger partial charge in [-0.25, -0.2) is 9.67 Å². The van der Waals surface area contributed by atoms with Gasteiger partial charge in [-0.3, -0.25) is 9.69 Å². The van der Waals surface area contributed by atoms with Gasteiger partial charge in [-0.1, -0.05) is 42.5 Å². The third-order valence-electron chi connectivity index (χ3n) is 5.49. The first kappa shape index (κ1) is 21.0. The van der Waals surface area contributed by atoms with Crippen molar-refractivity contribution in [2.75, 3.05) is 13.1 Å². The Morgan fingerprint density at radius 1 is 1.03 bits per heavy atom. The lowest BCUT2D eigenvalue weighted by molar-refractivity contribution is -0.183. The largest absolute Gasteiger partial charge is 0.393 e. The molecule has 1 aliphatic heterocycles. The maximum Gasteiger partial charge on any atom is 0.393 e. The molecule has 162 valence electrons. The predicted octanol–water partition coefficient (Wildman–Crippen LogP) is 3.19. The summed E-state index contributed by atoms with van der Waals surface area (Å²) in [4.78, 5) is 18.2. The molecule has 2 heterocycles. The van der Waals surface area contributed by atoms with Crippen LogP contribution in [0.15, 0.2) is 67.3 Å². The van der Waals surface area contributed by atoms with E-state index in [0.717, 1.165) is 16.8 Å². The zero-order valence-electron chi connectivity index (χ0n) is 16.7. The van der Waals surface area contributed by atoms with E-state index in [2.05, 4.69) is 15.4 Å². The fourth-order valence-electron chi connectivity index (χ4n) is 3.88. The first-order chi connectivity index (χ1) is 14.9.